The molecule has 0 aromatic heterocycles. The molecule has 0 heterocycles. The average molecular weight is 1380 g/mol. The van der Waals surface area contributed by atoms with Gasteiger partial charge in [0.2, 0.25) is 0 Å². The summed E-state index contributed by atoms with van der Waals surface area (Å²) in [5, 5.41) is 0. The molecule has 10 nitrogen and oxygen atoms in total. The monoisotopic (exact) mass is 1380 g/mol. The van der Waals surface area contributed by atoms with Crippen LogP contribution in [0.25, 0.3) is 0 Å². The number of benzene rings is 5. The van der Waals surface area contributed by atoms with Gasteiger partial charge in [-0.3, -0.25) is 0 Å². The van der Waals surface area contributed by atoms with Crippen LogP contribution in [0.1, 0.15) is 225 Å². The van der Waals surface area contributed by atoms with E-state index in [1.54, 1.807) is 39.2 Å². The number of hydrogen-bond donors (Lipinski definition) is 10. The summed E-state index contributed by atoms with van der Waals surface area (Å²) in [7, 11) is 15.3. The third-order valence-electron chi connectivity index (χ3n) is 15.9. The highest BCUT2D eigenvalue weighted by Gasteiger charge is 2.08. The molecule has 0 amide bonds. The lowest BCUT2D eigenvalue weighted by molar-refractivity contribution is -0.877. The maximum atomic E-state index is 2.23. The number of nitrogens with one attached hydrogen (secondary N) is 10. The highest BCUT2D eigenvalue weighted by molar-refractivity contribution is 5.30. The highest BCUT2D eigenvalue weighted by atomic mass is 15.1. The van der Waals surface area contributed by atoms with Crippen molar-refractivity contribution >= 4 is 28.4 Å². The Bertz CT molecular complexity index is 1860. The van der Waals surface area contributed by atoms with Crippen LogP contribution in [-0.2, 0) is 0 Å². The van der Waals surface area contributed by atoms with Crippen LogP contribution >= 0.6 is 0 Å². The van der Waals surface area contributed by atoms with E-state index in [9.17, 15) is 0 Å². The van der Waals surface area contributed by atoms with Crippen molar-refractivity contribution in [1.82, 2.24) is 0 Å². The van der Waals surface area contributed by atoms with E-state index in [2.05, 4.69) is 320 Å². The standard InChI is InChI=1S/2C11H17N.2C10H15N.C9H13N.2C6H15N.2C5H13N.C4H11N.10CH4/c2*1-3-10-12(4-2)11-8-6-5-7-9-11;2*1-3-11(4-2)10-8-6-5-7-9-10;1-3-10(2)9-7-5-4-6-8-9;2*1-4-6-7(3)5-2;2*1-4-6(3)5-2;1-4-5(2)3;;;;;;;;;;/h2*5-9H,3-4,10H2,1-2H3;2*5-9H,3-4H2,1-2H3;4-8H,3H2,1-2H3;2*4-6H2,1-3H3;2*4-5H2,1-3H3;4H2,1-3H3;10*1H4/p+10. The minimum atomic E-state index is 0. The summed E-state index contributed by atoms with van der Waals surface area (Å²) in [6, 6.07) is 53.2. The van der Waals surface area contributed by atoms with Crippen LogP contribution in [0.4, 0.5) is 28.4 Å². The first kappa shape index (κ1) is 129. The molecule has 0 bridgehead atoms. The lowest BCUT2D eigenvalue weighted by atomic mass is 10.3. The van der Waals surface area contributed by atoms with Gasteiger partial charge in [0.1, 0.15) is 28.4 Å². The summed E-state index contributed by atoms with van der Waals surface area (Å²) in [5.41, 5.74) is 7.00. The number of para-hydroxylation sites is 5. The zero-order valence-electron chi connectivity index (χ0n) is 62.5. The summed E-state index contributed by atoms with van der Waals surface area (Å²) < 4.78 is 0. The van der Waals surface area contributed by atoms with Crippen LogP contribution in [0.2, 0.25) is 0 Å². The van der Waals surface area contributed by atoms with Gasteiger partial charge in [-0.05, 0) is 183 Å². The van der Waals surface area contributed by atoms with Gasteiger partial charge in [-0.2, -0.15) is 0 Å². The van der Waals surface area contributed by atoms with E-state index in [1.807, 2.05) is 6.07 Å². The Morgan fingerprint density at radius 2 is 0.361 bits per heavy atom. The van der Waals surface area contributed by atoms with Crippen LogP contribution in [0, 0.1) is 0 Å². The Balaban J connectivity index is -0.0000000593. The normalized spacial score (nSPS) is 10.7. The van der Waals surface area contributed by atoms with E-state index in [-0.39, 0.29) is 74.3 Å². The molecular formula is C87H194N10+10. The Hall–Kier alpha value is -4.30. The van der Waals surface area contributed by atoms with Crippen molar-refractivity contribution in [2.45, 2.75) is 225 Å². The van der Waals surface area contributed by atoms with Gasteiger partial charge in [-0.15, -0.1) is 0 Å². The van der Waals surface area contributed by atoms with Crippen LogP contribution in [0.15, 0.2) is 152 Å². The molecule has 5 aromatic rings. The van der Waals surface area contributed by atoms with Crippen molar-refractivity contribution in [3.05, 3.63) is 152 Å². The Labute approximate surface area is 617 Å². The summed E-state index contributed by atoms with van der Waals surface area (Å²) in [6.07, 6.45) is 5.11. The third-order valence-corrected chi connectivity index (χ3v) is 15.9. The molecule has 0 spiro atoms. The predicted octanol–water partition coefficient (Wildman–Crippen LogP) is 11.1. The van der Waals surface area contributed by atoms with E-state index >= 15 is 0 Å². The largest absolute Gasteiger partial charge is 0.340 e. The van der Waals surface area contributed by atoms with Gasteiger partial charge in [0, 0.05) is 0 Å². The van der Waals surface area contributed by atoms with Gasteiger partial charge >= 0.3 is 0 Å². The molecule has 0 saturated heterocycles. The zero-order valence-corrected chi connectivity index (χ0v) is 62.5. The molecule has 0 saturated carbocycles. The van der Waals surface area contributed by atoms with Crippen molar-refractivity contribution in [2.75, 3.05) is 167 Å². The second-order valence-corrected chi connectivity index (χ2v) is 23.0. The quantitative estimate of drug-likeness (QED) is 0.0249. The maximum Gasteiger partial charge on any atom is 0.131 e. The van der Waals surface area contributed by atoms with Crippen molar-refractivity contribution < 1.29 is 49.0 Å². The van der Waals surface area contributed by atoms with E-state index in [1.165, 1.54) is 175 Å². The van der Waals surface area contributed by atoms with Crippen molar-refractivity contribution in [3.8, 4) is 0 Å². The highest BCUT2D eigenvalue weighted by Crippen LogP contribution is 2.01. The Morgan fingerprint density at radius 3 is 0.485 bits per heavy atom. The minimum absolute atomic E-state index is 0. The molecular weight excluding hydrogens is 1190 g/mol. The molecule has 0 aliphatic heterocycles. The number of rotatable bonds is 27. The molecule has 10 heteroatoms. The van der Waals surface area contributed by atoms with E-state index in [0.29, 0.717) is 0 Å². The van der Waals surface area contributed by atoms with E-state index in [0.717, 1.165) is 6.54 Å². The molecule has 5 atom stereocenters. The van der Waals surface area contributed by atoms with Crippen molar-refractivity contribution in [2.24, 2.45) is 0 Å². The Morgan fingerprint density at radius 1 is 0.186 bits per heavy atom. The molecule has 0 fully saturated rings. The first-order valence-corrected chi connectivity index (χ1v) is 35.4. The van der Waals surface area contributed by atoms with Crippen molar-refractivity contribution in [1.29, 1.82) is 0 Å². The Kier molecular flexibility index (Phi) is 131. The molecule has 0 aliphatic rings. The van der Waals surface area contributed by atoms with Gasteiger partial charge in [0.15, 0.2) is 0 Å². The molecule has 97 heavy (non-hydrogen) atoms. The average Bonchev–Trinajstić information content (AvgIpc) is 2.09. The third kappa shape index (κ3) is 80.6. The second kappa shape index (κ2) is 98.1. The van der Waals surface area contributed by atoms with Gasteiger partial charge in [0.25, 0.3) is 0 Å². The predicted molar refractivity (Wildman–Crippen MR) is 457 cm³/mol. The molecule has 0 aliphatic carbocycles. The first-order chi connectivity index (χ1) is 41.9. The molecule has 582 valence electrons. The molecule has 5 rings (SSSR count). The van der Waals surface area contributed by atoms with Gasteiger partial charge < -0.3 is 49.0 Å². The summed E-state index contributed by atoms with van der Waals surface area (Å²) in [5.74, 6) is 0. The topological polar surface area (TPSA) is 44.4 Å². The zero-order chi connectivity index (χ0) is 66.9. The van der Waals surface area contributed by atoms with E-state index < -0.39 is 0 Å². The second-order valence-electron chi connectivity index (χ2n) is 23.0. The summed E-state index contributed by atoms with van der Waals surface area (Å²) >= 11 is 0. The van der Waals surface area contributed by atoms with Crippen LogP contribution in [0.3, 0.4) is 0 Å². The fourth-order valence-corrected chi connectivity index (χ4v) is 8.30. The van der Waals surface area contributed by atoms with Gasteiger partial charge in [-0.1, -0.05) is 193 Å². The summed E-state index contributed by atoms with van der Waals surface area (Å²) in [4.78, 5) is 15.7. The molecule has 5 aromatic carbocycles. The van der Waals surface area contributed by atoms with Gasteiger partial charge in [0.05, 0.1) is 167 Å². The maximum absolute atomic E-state index is 2.23. The minimum Gasteiger partial charge on any atom is -0.340 e. The number of quaternary nitrogens is 10. The first-order valence-electron chi connectivity index (χ1n) is 35.4. The SMILES string of the molecule is C.C.C.C.C.C.C.C.C.C.CCC[NH+](C)CC.CCC[NH+](C)CC.CCC[NH+](CC)c1ccccc1.CCC[NH+](CC)c1ccccc1.CC[NH+](C)C.CC[NH+](C)CC.CC[NH+](C)CC.CC[NH+](C)c1ccccc1.CC[NH+](CC)c1ccccc1.CC[NH+](CC)c1ccccc1. The van der Waals surface area contributed by atoms with Gasteiger partial charge in [-0.25, -0.2) is 0 Å². The smallest absolute Gasteiger partial charge is 0.131 e. The molecule has 10 N–H and O–H groups in total. The number of hydrogen-bond acceptors (Lipinski definition) is 0. The van der Waals surface area contributed by atoms with E-state index in [4.69, 9.17) is 0 Å². The molecule has 5 unspecified atom stereocenters. The fraction of sp³-hybridized carbons (Fsp3) is 0.655. The van der Waals surface area contributed by atoms with Crippen LogP contribution in [-0.4, -0.2) is 167 Å². The lowest BCUT2D eigenvalue weighted by Crippen LogP contribution is -3.08. The fourth-order valence-electron chi connectivity index (χ4n) is 8.30. The lowest BCUT2D eigenvalue weighted by Gasteiger charge is -2.15. The summed E-state index contributed by atoms with van der Waals surface area (Å²) in [6.45, 7) is 61.8. The van der Waals surface area contributed by atoms with Crippen LogP contribution in [0.5, 0.6) is 0 Å². The molecule has 0 radical (unpaired) electrons. The van der Waals surface area contributed by atoms with Crippen molar-refractivity contribution in [3.63, 3.8) is 0 Å². The van der Waals surface area contributed by atoms with Crippen LogP contribution < -0.4 is 49.0 Å².